The lowest BCUT2D eigenvalue weighted by Crippen LogP contribution is -1.86. The summed E-state index contributed by atoms with van der Waals surface area (Å²) in [5.41, 5.74) is 3.50. The normalized spacial score (nSPS) is 10.9. The van der Waals surface area contributed by atoms with Gasteiger partial charge in [-0.2, -0.15) is 0 Å². The highest BCUT2D eigenvalue weighted by Crippen LogP contribution is 2.32. The molecule has 150 valence electrons. The largest absolute Gasteiger partial charge is 0.508 e. The third-order valence-electron chi connectivity index (χ3n) is 4.90. The summed E-state index contributed by atoms with van der Waals surface area (Å²) in [6, 6.07) is 32.1. The van der Waals surface area contributed by atoms with E-state index in [1.807, 2.05) is 48.5 Å². The maximum Gasteiger partial charge on any atom is 0.127 e. The van der Waals surface area contributed by atoms with Crippen LogP contribution in [0.4, 0.5) is 0 Å². The minimum absolute atomic E-state index is 0.271. The number of rotatable bonds is 6. The van der Waals surface area contributed by atoms with Gasteiger partial charge in [-0.05, 0) is 83.3 Å². The fourth-order valence-electron chi connectivity index (χ4n) is 3.14. The molecule has 1 N–H and O–H groups in total. The van der Waals surface area contributed by atoms with Crippen molar-refractivity contribution in [3.63, 3.8) is 0 Å². The molecule has 0 radical (unpaired) electrons. The number of hydrogen-bond donors (Lipinski definition) is 1. The molecule has 0 aliphatic heterocycles. The van der Waals surface area contributed by atoms with E-state index >= 15 is 0 Å². The first kappa shape index (κ1) is 20.1. The number of hydrogen-bond acceptors (Lipinski definition) is 3. The molecule has 0 atom stereocenters. The first-order valence-corrected chi connectivity index (χ1v) is 10.8. The molecule has 2 nitrogen and oxygen atoms in total. The van der Waals surface area contributed by atoms with E-state index < -0.39 is 0 Å². The number of benzene rings is 4. The van der Waals surface area contributed by atoms with E-state index in [1.165, 1.54) is 15.4 Å². The number of phenols is 1. The van der Waals surface area contributed by atoms with E-state index in [-0.39, 0.29) is 5.75 Å². The van der Waals surface area contributed by atoms with Crippen LogP contribution in [0.3, 0.4) is 0 Å². The van der Waals surface area contributed by atoms with Crippen LogP contribution in [0, 0.1) is 0 Å². The van der Waals surface area contributed by atoms with Gasteiger partial charge in [0.2, 0.25) is 0 Å². The van der Waals surface area contributed by atoms with Gasteiger partial charge in [-0.25, -0.2) is 0 Å². The van der Waals surface area contributed by atoms with Gasteiger partial charge in [0.1, 0.15) is 17.2 Å². The molecule has 0 saturated heterocycles. The Balaban J connectivity index is 1.39. The van der Waals surface area contributed by atoms with Gasteiger partial charge in [0.25, 0.3) is 0 Å². The van der Waals surface area contributed by atoms with Crippen LogP contribution in [0.2, 0.25) is 0 Å². The molecular formula is C27H24O2S. The molecule has 4 aromatic rings. The molecule has 0 amide bonds. The average molecular weight is 413 g/mol. The van der Waals surface area contributed by atoms with Crippen molar-refractivity contribution in [3.8, 4) is 28.4 Å². The van der Waals surface area contributed by atoms with Crippen molar-refractivity contribution in [3.05, 3.63) is 103 Å². The quantitative estimate of drug-likeness (QED) is 0.347. The highest BCUT2D eigenvalue weighted by atomic mass is 32.2. The van der Waals surface area contributed by atoms with Crippen LogP contribution in [-0.2, 0) is 0 Å². The van der Waals surface area contributed by atoms with Crippen LogP contribution < -0.4 is 4.74 Å². The molecule has 0 fully saturated rings. The molecule has 0 bridgehead atoms. The topological polar surface area (TPSA) is 29.5 Å². The zero-order valence-corrected chi connectivity index (χ0v) is 17.9. The third kappa shape index (κ3) is 5.05. The SMILES string of the molecule is CC(C)c1ccc(Sc2ccc(Oc3ccc(-c4ccc(O)cc4)cc3)cc2)cc1. The van der Waals surface area contributed by atoms with Gasteiger partial charge in [0.15, 0.2) is 0 Å². The summed E-state index contributed by atoms with van der Waals surface area (Å²) in [6.07, 6.45) is 0. The molecule has 4 aromatic carbocycles. The van der Waals surface area contributed by atoms with Crippen LogP contribution in [0.15, 0.2) is 107 Å². The smallest absolute Gasteiger partial charge is 0.127 e. The molecule has 4 rings (SSSR count). The summed E-state index contributed by atoms with van der Waals surface area (Å²) in [5, 5.41) is 9.42. The highest BCUT2D eigenvalue weighted by molar-refractivity contribution is 7.99. The predicted molar refractivity (Wildman–Crippen MR) is 125 cm³/mol. The third-order valence-corrected chi connectivity index (χ3v) is 5.91. The number of ether oxygens (including phenoxy) is 1. The van der Waals surface area contributed by atoms with Crippen LogP contribution in [0.5, 0.6) is 17.2 Å². The van der Waals surface area contributed by atoms with Crippen LogP contribution in [0.1, 0.15) is 25.3 Å². The van der Waals surface area contributed by atoms with Crippen molar-refractivity contribution in [2.24, 2.45) is 0 Å². The summed E-state index contributed by atoms with van der Waals surface area (Å²) >= 11 is 1.75. The van der Waals surface area contributed by atoms with Gasteiger partial charge < -0.3 is 9.84 Å². The van der Waals surface area contributed by atoms with Crippen LogP contribution in [-0.4, -0.2) is 5.11 Å². The maximum absolute atomic E-state index is 9.42. The summed E-state index contributed by atoms with van der Waals surface area (Å²) in [6.45, 7) is 4.42. The van der Waals surface area contributed by atoms with E-state index in [0.717, 1.165) is 22.6 Å². The average Bonchev–Trinajstić information content (AvgIpc) is 2.77. The number of phenolic OH excluding ortho intramolecular Hbond substituents is 1. The van der Waals surface area contributed by atoms with Crippen molar-refractivity contribution < 1.29 is 9.84 Å². The molecule has 30 heavy (non-hydrogen) atoms. The van der Waals surface area contributed by atoms with Gasteiger partial charge in [0.05, 0.1) is 0 Å². The first-order chi connectivity index (χ1) is 14.6. The molecule has 0 heterocycles. The highest BCUT2D eigenvalue weighted by Gasteiger charge is 2.03. The Morgan fingerprint density at radius 2 is 1.03 bits per heavy atom. The predicted octanol–water partition coefficient (Wildman–Crippen LogP) is 8.13. The van der Waals surface area contributed by atoms with E-state index in [1.54, 1.807) is 23.9 Å². The Labute approximate surface area is 182 Å². The Morgan fingerprint density at radius 3 is 1.53 bits per heavy atom. The van der Waals surface area contributed by atoms with E-state index in [2.05, 4.69) is 50.2 Å². The second-order valence-electron chi connectivity index (χ2n) is 7.47. The van der Waals surface area contributed by atoms with Crippen LogP contribution >= 0.6 is 11.8 Å². The Morgan fingerprint density at radius 1 is 0.600 bits per heavy atom. The van der Waals surface area contributed by atoms with Crippen LogP contribution in [0.25, 0.3) is 11.1 Å². The lowest BCUT2D eigenvalue weighted by atomic mass is 10.0. The van der Waals surface area contributed by atoms with Crippen molar-refractivity contribution in [1.82, 2.24) is 0 Å². The van der Waals surface area contributed by atoms with Gasteiger partial charge >= 0.3 is 0 Å². The maximum atomic E-state index is 9.42. The summed E-state index contributed by atoms with van der Waals surface area (Å²) < 4.78 is 5.99. The molecule has 3 heteroatoms. The van der Waals surface area contributed by atoms with Gasteiger partial charge in [-0.3, -0.25) is 0 Å². The fourth-order valence-corrected chi connectivity index (χ4v) is 3.95. The molecule has 0 aromatic heterocycles. The molecule has 0 unspecified atom stereocenters. The summed E-state index contributed by atoms with van der Waals surface area (Å²) in [5.74, 6) is 2.43. The Kier molecular flexibility index (Phi) is 6.10. The van der Waals surface area contributed by atoms with Gasteiger partial charge in [-0.15, -0.1) is 0 Å². The second-order valence-corrected chi connectivity index (χ2v) is 8.62. The minimum atomic E-state index is 0.271. The van der Waals surface area contributed by atoms with E-state index in [0.29, 0.717) is 5.92 Å². The molecule has 0 aliphatic carbocycles. The molecule has 0 saturated carbocycles. The van der Waals surface area contributed by atoms with E-state index in [4.69, 9.17) is 4.74 Å². The first-order valence-electron chi connectivity index (χ1n) is 10.0. The Hall–Kier alpha value is -3.17. The molecule has 0 aliphatic rings. The standard InChI is InChI=1S/C27H24O2S/c1-19(2)20-7-15-26(16-8-20)30-27-17-13-25(14-18-27)29-24-11-5-22(6-12-24)21-3-9-23(28)10-4-21/h3-19,28H,1-2H3. The second kappa shape index (κ2) is 9.10. The lowest BCUT2D eigenvalue weighted by molar-refractivity contribution is 0.475. The monoisotopic (exact) mass is 412 g/mol. The van der Waals surface area contributed by atoms with E-state index in [9.17, 15) is 5.11 Å². The molecule has 0 spiro atoms. The zero-order valence-electron chi connectivity index (χ0n) is 17.1. The fraction of sp³-hybridized carbons (Fsp3) is 0.111. The zero-order chi connectivity index (χ0) is 20.9. The lowest BCUT2D eigenvalue weighted by Gasteiger charge is -2.09. The summed E-state index contributed by atoms with van der Waals surface area (Å²) in [4.78, 5) is 2.42. The van der Waals surface area contributed by atoms with Gasteiger partial charge in [-0.1, -0.05) is 62.0 Å². The van der Waals surface area contributed by atoms with Crippen molar-refractivity contribution in [2.75, 3.05) is 0 Å². The number of aromatic hydroxyl groups is 1. The van der Waals surface area contributed by atoms with Crippen molar-refractivity contribution >= 4 is 11.8 Å². The Bertz CT molecular complexity index is 1080. The minimum Gasteiger partial charge on any atom is -0.508 e. The molecular weight excluding hydrogens is 388 g/mol. The van der Waals surface area contributed by atoms with Crippen molar-refractivity contribution in [2.45, 2.75) is 29.6 Å². The summed E-state index contributed by atoms with van der Waals surface area (Å²) in [7, 11) is 0. The van der Waals surface area contributed by atoms with Crippen molar-refractivity contribution in [1.29, 1.82) is 0 Å². The van der Waals surface area contributed by atoms with Gasteiger partial charge in [0, 0.05) is 9.79 Å².